The van der Waals surface area contributed by atoms with E-state index in [1.165, 1.54) is 25.2 Å². The van der Waals surface area contributed by atoms with E-state index >= 15 is 0 Å². The molecule has 0 fully saturated rings. The molecule has 6 heteroatoms. The second kappa shape index (κ2) is 5.90. The first-order valence-corrected chi connectivity index (χ1v) is 6.28. The van der Waals surface area contributed by atoms with E-state index in [0.29, 0.717) is 16.7 Å². The molecule has 2 rings (SSSR count). The summed E-state index contributed by atoms with van der Waals surface area (Å²) >= 11 is 0. The lowest BCUT2D eigenvalue weighted by Crippen LogP contribution is -2.17. The number of hydrogen-bond donors (Lipinski definition) is 1. The van der Waals surface area contributed by atoms with Gasteiger partial charge in [0.25, 0.3) is 5.91 Å². The summed E-state index contributed by atoms with van der Waals surface area (Å²) in [6.07, 6.45) is -4.59. The van der Waals surface area contributed by atoms with Gasteiger partial charge in [-0.2, -0.15) is 13.2 Å². The van der Waals surface area contributed by atoms with Crippen LogP contribution in [0.4, 0.5) is 18.9 Å². The first-order valence-electron chi connectivity index (χ1n) is 6.28. The summed E-state index contributed by atoms with van der Waals surface area (Å²) in [5, 5.41) is 2.46. The van der Waals surface area contributed by atoms with E-state index in [0.717, 1.165) is 12.1 Å². The fourth-order valence-electron chi connectivity index (χ4n) is 2.00. The lowest BCUT2D eigenvalue weighted by atomic mass is 10.0. The maximum atomic E-state index is 13.0. The average Bonchev–Trinajstić information content (AvgIpc) is 2.52. The van der Waals surface area contributed by atoms with Crippen molar-refractivity contribution in [3.8, 4) is 11.1 Å². The van der Waals surface area contributed by atoms with Gasteiger partial charge in [-0.1, -0.05) is 30.3 Å². The van der Waals surface area contributed by atoms with Gasteiger partial charge in [0.15, 0.2) is 5.69 Å². The third-order valence-electron chi connectivity index (χ3n) is 3.13. The highest BCUT2D eigenvalue weighted by Crippen LogP contribution is 2.38. The van der Waals surface area contributed by atoms with E-state index in [-0.39, 0.29) is 5.91 Å². The van der Waals surface area contributed by atoms with Crippen molar-refractivity contribution in [3.63, 3.8) is 0 Å². The number of amides is 1. The minimum absolute atomic E-state index is 0.272. The molecule has 2 aromatic carbocycles. The fraction of sp³-hybridized carbons (Fsp3) is 0.125. The van der Waals surface area contributed by atoms with Crippen LogP contribution in [0, 0.1) is 6.57 Å². The molecule has 0 unspecified atom stereocenters. The quantitative estimate of drug-likeness (QED) is 0.825. The van der Waals surface area contributed by atoms with Crippen molar-refractivity contribution in [2.45, 2.75) is 6.18 Å². The lowest BCUT2D eigenvalue weighted by molar-refractivity contribution is -0.136. The zero-order valence-corrected chi connectivity index (χ0v) is 11.5. The Labute approximate surface area is 125 Å². The second-order valence-electron chi connectivity index (χ2n) is 4.50. The van der Waals surface area contributed by atoms with Gasteiger partial charge in [0, 0.05) is 12.6 Å². The molecule has 0 saturated heterocycles. The number of halogens is 3. The van der Waals surface area contributed by atoms with Crippen molar-refractivity contribution < 1.29 is 18.0 Å². The fourth-order valence-corrected chi connectivity index (χ4v) is 2.00. The molecule has 2 aromatic rings. The third-order valence-corrected chi connectivity index (χ3v) is 3.13. The van der Waals surface area contributed by atoms with Gasteiger partial charge in [-0.15, -0.1) is 0 Å². The van der Waals surface area contributed by atoms with Crippen molar-refractivity contribution in [1.82, 2.24) is 5.32 Å². The van der Waals surface area contributed by atoms with Crippen molar-refractivity contribution >= 4 is 11.6 Å². The zero-order valence-electron chi connectivity index (χ0n) is 11.5. The maximum absolute atomic E-state index is 13.0. The Hall–Kier alpha value is -2.81. The molecule has 0 aliphatic carbocycles. The van der Waals surface area contributed by atoms with Gasteiger partial charge in [-0.05, 0) is 23.3 Å². The van der Waals surface area contributed by atoms with E-state index in [4.69, 9.17) is 6.57 Å². The highest BCUT2D eigenvalue weighted by atomic mass is 19.4. The van der Waals surface area contributed by atoms with Crippen LogP contribution in [-0.2, 0) is 6.18 Å². The Bertz CT molecular complexity index is 743. The van der Waals surface area contributed by atoms with Crippen LogP contribution in [0.5, 0.6) is 0 Å². The molecule has 3 nitrogen and oxygen atoms in total. The highest BCUT2D eigenvalue weighted by Gasteiger charge is 2.33. The van der Waals surface area contributed by atoms with E-state index < -0.39 is 17.4 Å². The van der Waals surface area contributed by atoms with Crippen molar-refractivity contribution in [1.29, 1.82) is 0 Å². The first kappa shape index (κ1) is 15.6. The molecular weight excluding hydrogens is 293 g/mol. The molecule has 0 aromatic heterocycles. The normalized spacial score (nSPS) is 10.9. The molecule has 0 bridgehead atoms. The standard InChI is InChI=1S/C16H11F3N2O/c1-20-14-8-7-12(9-13(14)16(17,18)19)10-3-5-11(6-4-10)15(22)21-2/h3-9H,2H3,(H,21,22). The van der Waals surface area contributed by atoms with Crippen LogP contribution in [0.1, 0.15) is 15.9 Å². The van der Waals surface area contributed by atoms with Gasteiger partial charge >= 0.3 is 6.18 Å². The van der Waals surface area contributed by atoms with Gasteiger partial charge in [0.1, 0.15) is 0 Å². The number of carbonyl (C=O) groups excluding carboxylic acids is 1. The predicted molar refractivity (Wildman–Crippen MR) is 76.5 cm³/mol. The molecule has 1 amide bonds. The number of benzene rings is 2. The molecule has 1 N–H and O–H groups in total. The number of nitrogens with zero attached hydrogens (tertiary/aromatic N) is 1. The number of hydrogen-bond acceptors (Lipinski definition) is 1. The van der Waals surface area contributed by atoms with Crippen LogP contribution in [0.15, 0.2) is 42.5 Å². The van der Waals surface area contributed by atoms with E-state index in [2.05, 4.69) is 10.2 Å². The number of nitrogens with one attached hydrogen (secondary N) is 1. The van der Waals surface area contributed by atoms with Crippen molar-refractivity contribution in [2.75, 3.05) is 7.05 Å². The molecule has 0 saturated carbocycles. The van der Waals surface area contributed by atoms with Crippen molar-refractivity contribution in [2.24, 2.45) is 0 Å². The van der Waals surface area contributed by atoms with Crippen LogP contribution in [0.3, 0.4) is 0 Å². The van der Waals surface area contributed by atoms with E-state index in [9.17, 15) is 18.0 Å². The van der Waals surface area contributed by atoms with E-state index in [1.807, 2.05) is 0 Å². The Balaban J connectivity index is 2.46. The summed E-state index contributed by atoms with van der Waals surface area (Å²) in [6.45, 7) is 6.82. The van der Waals surface area contributed by atoms with Crippen LogP contribution in [0.2, 0.25) is 0 Å². The van der Waals surface area contributed by atoms with Crippen LogP contribution in [0.25, 0.3) is 16.0 Å². The van der Waals surface area contributed by atoms with Crippen molar-refractivity contribution in [3.05, 3.63) is 65.0 Å². The molecule has 22 heavy (non-hydrogen) atoms. The molecule has 0 heterocycles. The third kappa shape index (κ3) is 3.09. The Morgan fingerprint density at radius 1 is 1.09 bits per heavy atom. The van der Waals surface area contributed by atoms with Gasteiger partial charge in [-0.25, -0.2) is 4.85 Å². The monoisotopic (exact) mass is 304 g/mol. The lowest BCUT2D eigenvalue weighted by Gasteiger charge is -2.11. The van der Waals surface area contributed by atoms with Gasteiger partial charge < -0.3 is 5.32 Å². The van der Waals surface area contributed by atoms with Crippen LogP contribution < -0.4 is 5.32 Å². The summed E-state index contributed by atoms with van der Waals surface area (Å²) in [7, 11) is 1.49. The average molecular weight is 304 g/mol. The van der Waals surface area contributed by atoms with Crippen LogP contribution >= 0.6 is 0 Å². The summed E-state index contributed by atoms with van der Waals surface area (Å²) < 4.78 is 38.9. The molecule has 112 valence electrons. The van der Waals surface area contributed by atoms with Gasteiger partial charge in [0.05, 0.1) is 12.1 Å². The predicted octanol–water partition coefficient (Wildman–Crippen LogP) is 4.28. The molecule has 0 radical (unpaired) electrons. The smallest absolute Gasteiger partial charge is 0.355 e. The highest BCUT2D eigenvalue weighted by molar-refractivity contribution is 5.94. The first-order chi connectivity index (χ1) is 10.4. The minimum Gasteiger partial charge on any atom is -0.355 e. The minimum atomic E-state index is -4.59. The maximum Gasteiger partial charge on any atom is 0.407 e. The Morgan fingerprint density at radius 2 is 1.68 bits per heavy atom. The molecular formula is C16H11F3N2O. The Morgan fingerprint density at radius 3 is 2.18 bits per heavy atom. The van der Waals surface area contributed by atoms with Gasteiger partial charge in [0.2, 0.25) is 0 Å². The molecule has 0 atom stereocenters. The second-order valence-corrected chi connectivity index (χ2v) is 4.50. The summed E-state index contributed by atoms with van der Waals surface area (Å²) in [4.78, 5) is 14.3. The molecule has 0 spiro atoms. The van der Waals surface area contributed by atoms with Gasteiger partial charge in [-0.3, -0.25) is 4.79 Å². The number of alkyl halides is 3. The Kier molecular flexibility index (Phi) is 4.18. The molecule has 0 aliphatic rings. The van der Waals surface area contributed by atoms with E-state index in [1.54, 1.807) is 12.1 Å². The summed E-state index contributed by atoms with van der Waals surface area (Å²) in [5.74, 6) is -0.272. The summed E-state index contributed by atoms with van der Waals surface area (Å²) in [6, 6.07) is 9.75. The largest absolute Gasteiger partial charge is 0.407 e. The number of carbonyl (C=O) groups is 1. The number of rotatable bonds is 2. The molecule has 0 aliphatic heterocycles. The zero-order chi connectivity index (χ0) is 16.3. The topological polar surface area (TPSA) is 33.5 Å². The SMILES string of the molecule is [C-]#[N+]c1ccc(-c2ccc(C(=O)NC)cc2)cc1C(F)(F)F. The summed E-state index contributed by atoms with van der Waals surface area (Å²) in [5.41, 5.74) is -0.105. The van der Waals surface area contributed by atoms with Crippen LogP contribution in [-0.4, -0.2) is 13.0 Å².